The van der Waals surface area contributed by atoms with E-state index in [2.05, 4.69) is 52.7 Å². The third-order valence-electron chi connectivity index (χ3n) is 11.5. The molecule has 1 aromatic rings. The van der Waals surface area contributed by atoms with E-state index >= 15 is 0 Å². The molecule has 1 aromatic heterocycles. The number of nitrogens with zero attached hydrogens (tertiary/aromatic N) is 2. The number of nitrogen functional groups attached to an aromatic ring is 1. The molecule has 428 valence electrons. The number of rotatable bonds is 43. The Kier molecular flexibility index (Phi) is 37.2. The van der Waals surface area contributed by atoms with E-state index < -0.39 is 89.8 Å². The Morgan fingerprint density at radius 1 is 0.711 bits per heavy atom. The fourth-order valence-electron chi connectivity index (χ4n) is 7.32. The molecule has 2 rings (SSSR count). The van der Waals surface area contributed by atoms with Crippen molar-refractivity contribution >= 4 is 33.4 Å². The number of phosphoric ester groups is 2. The average molecular weight is 1110 g/mol. The second-order valence-corrected chi connectivity index (χ2v) is 21.2. The van der Waals surface area contributed by atoms with E-state index in [1.807, 2.05) is 61.6 Å². The van der Waals surface area contributed by atoms with Gasteiger partial charge >= 0.3 is 33.3 Å². The number of carbonyl (C=O) groups is 2. The van der Waals surface area contributed by atoms with Crippen LogP contribution in [0.25, 0.3) is 0 Å². The van der Waals surface area contributed by atoms with Crippen molar-refractivity contribution in [3.05, 3.63) is 120 Å². The molecule has 0 spiro atoms. The molecule has 0 bridgehead atoms. The normalized spacial score (nSPS) is 19.9. The van der Waals surface area contributed by atoms with Gasteiger partial charge in [-0.05, 0) is 89.5 Å². The van der Waals surface area contributed by atoms with Gasteiger partial charge in [0.15, 0.2) is 12.3 Å². The van der Waals surface area contributed by atoms with Crippen LogP contribution in [-0.4, -0.2) is 96.9 Å². The SMILES string of the molecule is CC/C=C\C(O)C/C=C/C=C\C/C=C\C/C=C\CCCC(=O)O[C@H](COC(=O)CCCCCCCC/C=C\C/C=C\C/C=C\CCCCCC)COP(=O)(O)OP(=O)(O)OC[C@H]1O[C@@H](n2ccc(N)nc2=O)[C@H](O)[C@@H]1O. The van der Waals surface area contributed by atoms with Crippen molar-refractivity contribution in [1.82, 2.24) is 9.55 Å². The van der Waals surface area contributed by atoms with Crippen LogP contribution in [0.5, 0.6) is 0 Å². The summed E-state index contributed by atoms with van der Waals surface area (Å²) < 4.78 is 56.8. The molecule has 21 heteroatoms. The summed E-state index contributed by atoms with van der Waals surface area (Å²) >= 11 is 0. The minimum Gasteiger partial charge on any atom is -0.462 e. The zero-order valence-corrected chi connectivity index (χ0v) is 46.4. The minimum absolute atomic E-state index is 0.0546. The molecule has 8 atom stereocenters. The number of aromatic nitrogens is 2. The Hall–Kier alpha value is -4.36. The zero-order chi connectivity index (χ0) is 55.7. The van der Waals surface area contributed by atoms with Gasteiger partial charge in [0.1, 0.15) is 30.7 Å². The van der Waals surface area contributed by atoms with Crippen molar-refractivity contribution in [2.75, 3.05) is 25.6 Å². The summed E-state index contributed by atoms with van der Waals surface area (Å²) in [6.45, 7) is 1.83. The van der Waals surface area contributed by atoms with Crippen LogP contribution in [0.1, 0.15) is 161 Å². The Morgan fingerprint density at radius 2 is 1.26 bits per heavy atom. The lowest BCUT2D eigenvalue weighted by Gasteiger charge is -2.21. The number of hydrogen-bond donors (Lipinski definition) is 6. The number of ether oxygens (including phenoxy) is 3. The minimum atomic E-state index is -5.46. The van der Waals surface area contributed by atoms with E-state index in [4.69, 9.17) is 29.0 Å². The van der Waals surface area contributed by atoms with Gasteiger partial charge in [-0.1, -0.05) is 156 Å². The number of esters is 2. The molecule has 0 amide bonds. The van der Waals surface area contributed by atoms with Crippen LogP contribution in [0.2, 0.25) is 0 Å². The van der Waals surface area contributed by atoms with Gasteiger partial charge in [0.2, 0.25) is 0 Å². The monoisotopic (exact) mass is 1110 g/mol. The van der Waals surface area contributed by atoms with E-state index in [0.29, 0.717) is 32.1 Å². The van der Waals surface area contributed by atoms with Gasteiger partial charge in [0, 0.05) is 19.0 Å². The largest absolute Gasteiger partial charge is 0.481 e. The van der Waals surface area contributed by atoms with Crippen LogP contribution in [0.4, 0.5) is 5.82 Å². The van der Waals surface area contributed by atoms with Crippen LogP contribution >= 0.6 is 15.6 Å². The molecule has 2 heterocycles. The highest BCUT2D eigenvalue weighted by Crippen LogP contribution is 2.60. The summed E-state index contributed by atoms with van der Waals surface area (Å²) in [5.74, 6) is -1.42. The van der Waals surface area contributed by atoms with Crippen LogP contribution in [0.15, 0.2) is 114 Å². The number of anilines is 1. The molecule has 1 fully saturated rings. The summed E-state index contributed by atoms with van der Waals surface area (Å²) in [6.07, 6.45) is 43.9. The summed E-state index contributed by atoms with van der Waals surface area (Å²) in [4.78, 5) is 62.0. The van der Waals surface area contributed by atoms with E-state index in [0.717, 1.165) is 81.4 Å². The number of carbonyl (C=O) groups excluding carboxylic acids is 2. The van der Waals surface area contributed by atoms with Gasteiger partial charge < -0.3 is 45.1 Å². The summed E-state index contributed by atoms with van der Waals surface area (Å²) in [7, 11) is -10.9. The van der Waals surface area contributed by atoms with Crippen molar-refractivity contribution in [2.24, 2.45) is 0 Å². The first-order valence-electron chi connectivity index (χ1n) is 26.9. The number of nitrogens with two attached hydrogens (primary N) is 1. The molecule has 76 heavy (non-hydrogen) atoms. The number of hydrogen-bond acceptors (Lipinski definition) is 16. The van der Waals surface area contributed by atoms with Crippen molar-refractivity contribution in [3.8, 4) is 0 Å². The fraction of sp³-hybridized carbons (Fsp3) is 0.600. The van der Waals surface area contributed by atoms with Gasteiger partial charge in [-0.3, -0.25) is 23.2 Å². The lowest BCUT2D eigenvalue weighted by molar-refractivity contribution is -0.161. The maximum absolute atomic E-state index is 12.9. The standard InChI is InChI=1S/C55H87N3O16P2/c1-3-5-7-8-9-10-11-12-13-14-15-16-17-18-19-23-26-29-32-35-39-50(60)69-43-47(72-51(61)40-36-33-30-27-24-21-20-22-25-28-31-34-38-46(59)37-6-4-2)44-70-75(65,66)74-76(67,68)71-45-48-52(62)53(63)54(73-48)58-42-41-49(56)57-55(58)64/h6,10-11,13-14,16-17,20-21,25,27-28,30-31,34,37,41-42,46-48,52-54,59,62-63H,3-5,7-9,12,15,18-19,22-24,26,29,32-33,35-36,38-40,43-45H2,1-2H3,(H,65,66)(H,67,68)(H2,56,57,64)/b11-10-,14-13-,17-16-,21-20-,28-25-,30-27-,34-31+,37-6-/t46?,47-,48-,52-,53-,54-/m1/s1. The number of unbranched alkanes of at least 4 members (excludes halogenated alkanes) is 11. The Bertz CT molecular complexity index is 2170. The molecule has 7 N–H and O–H groups in total. The second-order valence-electron chi connectivity index (χ2n) is 18.2. The zero-order valence-electron chi connectivity index (χ0n) is 44.6. The first-order valence-corrected chi connectivity index (χ1v) is 29.8. The molecule has 19 nitrogen and oxygen atoms in total. The average Bonchev–Trinajstić information content (AvgIpc) is 3.66. The molecule has 0 radical (unpaired) electrons. The van der Waals surface area contributed by atoms with Crippen LogP contribution in [0.3, 0.4) is 0 Å². The highest BCUT2D eigenvalue weighted by molar-refractivity contribution is 7.61. The predicted octanol–water partition coefficient (Wildman–Crippen LogP) is 10.6. The van der Waals surface area contributed by atoms with Crippen molar-refractivity contribution in [3.63, 3.8) is 0 Å². The quantitative estimate of drug-likeness (QED) is 0.0116. The maximum atomic E-state index is 12.9. The van der Waals surface area contributed by atoms with E-state index in [1.165, 1.54) is 31.7 Å². The third kappa shape index (κ3) is 33.7. The summed E-state index contributed by atoms with van der Waals surface area (Å²) in [5.41, 5.74) is 4.58. The maximum Gasteiger partial charge on any atom is 0.481 e. The Labute approximate surface area is 450 Å². The van der Waals surface area contributed by atoms with E-state index in [-0.39, 0.29) is 18.7 Å². The number of allylic oxidation sites excluding steroid dienone is 14. The fourth-order valence-corrected chi connectivity index (χ4v) is 9.43. The van der Waals surface area contributed by atoms with Gasteiger partial charge in [-0.2, -0.15) is 9.29 Å². The Balaban J connectivity index is 1.82. The van der Waals surface area contributed by atoms with Crippen LogP contribution in [0, 0.1) is 0 Å². The van der Waals surface area contributed by atoms with Crippen molar-refractivity contribution in [2.45, 2.75) is 192 Å². The first kappa shape index (κ1) is 67.7. The first-order chi connectivity index (χ1) is 36.6. The molecule has 0 aliphatic carbocycles. The number of aliphatic hydroxyl groups excluding tert-OH is 3. The van der Waals surface area contributed by atoms with Crippen molar-refractivity contribution < 1.29 is 71.4 Å². The topological polar surface area (TPSA) is 286 Å². The van der Waals surface area contributed by atoms with Gasteiger partial charge in [-0.15, -0.1) is 0 Å². The van der Waals surface area contributed by atoms with Crippen LogP contribution in [-0.2, 0) is 46.3 Å². The lowest BCUT2D eigenvalue weighted by Crippen LogP contribution is -2.36. The molecule has 1 saturated heterocycles. The van der Waals surface area contributed by atoms with E-state index in [9.17, 15) is 48.6 Å². The lowest BCUT2D eigenvalue weighted by atomic mass is 10.1. The molecule has 3 unspecified atom stereocenters. The molecular weight excluding hydrogens is 1020 g/mol. The smallest absolute Gasteiger partial charge is 0.462 e. The molecular formula is C55H87N3O16P2. The van der Waals surface area contributed by atoms with E-state index in [1.54, 1.807) is 6.08 Å². The Morgan fingerprint density at radius 3 is 1.89 bits per heavy atom. The summed E-state index contributed by atoms with van der Waals surface area (Å²) in [5, 5.41) is 30.7. The highest BCUT2D eigenvalue weighted by Gasteiger charge is 2.46. The van der Waals surface area contributed by atoms with Gasteiger partial charge in [0.25, 0.3) is 0 Å². The molecule has 0 aromatic carbocycles. The molecule has 1 aliphatic heterocycles. The van der Waals surface area contributed by atoms with Crippen molar-refractivity contribution in [1.29, 1.82) is 0 Å². The number of phosphoric acid groups is 2. The third-order valence-corrected chi connectivity index (χ3v) is 14.1. The molecule has 1 aliphatic rings. The van der Waals surface area contributed by atoms with Crippen LogP contribution < -0.4 is 11.4 Å². The summed E-state index contributed by atoms with van der Waals surface area (Å²) in [6, 6.07) is 1.24. The highest BCUT2D eigenvalue weighted by atomic mass is 31.3. The van der Waals surface area contributed by atoms with Gasteiger partial charge in [0.05, 0.1) is 19.3 Å². The predicted molar refractivity (Wildman–Crippen MR) is 294 cm³/mol. The number of aliphatic hydroxyl groups is 3. The second kappa shape index (κ2) is 41.7. The van der Waals surface area contributed by atoms with Gasteiger partial charge in [-0.25, -0.2) is 13.9 Å². The molecule has 0 saturated carbocycles.